The summed E-state index contributed by atoms with van der Waals surface area (Å²) in [5.41, 5.74) is 0.300. The summed E-state index contributed by atoms with van der Waals surface area (Å²) in [6.07, 6.45) is 5.33. The molecular formula is C13H21NO3. The molecule has 1 aliphatic heterocycles. The maximum absolute atomic E-state index is 11.8. The van der Waals surface area contributed by atoms with Crippen LogP contribution in [-0.2, 0) is 9.59 Å². The van der Waals surface area contributed by atoms with Crippen molar-refractivity contribution in [2.45, 2.75) is 39.5 Å². The predicted molar refractivity (Wildman–Crippen MR) is 65.6 cm³/mol. The van der Waals surface area contributed by atoms with Crippen molar-refractivity contribution >= 4 is 11.9 Å². The summed E-state index contributed by atoms with van der Waals surface area (Å²) in [6.45, 7) is 4.88. The molecule has 0 radical (unpaired) electrons. The van der Waals surface area contributed by atoms with Crippen LogP contribution in [0.2, 0.25) is 0 Å². The molecule has 4 heteroatoms. The van der Waals surface area contributed by atoms with Gasteiger partial charge in [-0.1, -0.05) is 19.4 Å². The Kier molecular flexibility index (Phi) is 5.19. The average molecular weight is 239 g/mol. The molecule has 0 spiro atoms. The first-order valence-corrected chi connectivity index (χ1v) is 6.22. The first-order valence-electron chi connectivity index (χ1n) is 6.22. The molecule has 0 aliphatic carbocycles. The molecule has 0 aromatic rings. The van der Waals surface area contributed by atoms with E-state index >= 15 is 0 Å². The number of hydrogen-bond donors (Lipinski definition) is 1. The van der Waals surface area contributed by atoms with E-state index < -0.39 is 5.97 Å². The highest BCUT2D eigenvalue weighted by Crippen LogP contribution is 2.20. The summed E-state index contributed by atoms with van der Waals surface area (Å²) in [7, 11) is 0. The molecule has 1 saturated heterocycles. The third-order valence-corrected chi connectivity index (χ3v) is 3.46. The number of nitrogens with zero attached hydrogens (tertiary/aromatic N) is 1. The van der Waals surface area contributed by atoms with Gasteiger partial charge in [-0.05, 0) is 25.7 Å². The zero-order chi connectivity index (χ0) is 12.8. The van der Waals surface area contributed by atoms with Gasteiger partial charge in [0.25, 0.3) is 0 Å². The van der Waals surface area contributed by atoms with E-state index in [0.717, 1.165) is 25.8 Å². The number of aliphatic carboxylic acids is 1. The van der Waals surface area contributed by atoms with Crippen molar-refractivity contribution in [3.05, 3.63) is 11.6 Å². The summed E-state index contributed by atoms with van der Waals surface area (Å²) >= 11 is 0. The highest BCUT2D eigenvalue weighted by atomic mass is 16.4. The first kappa shape index (κ1) is 13.7. The van der Waals surface area contributed by atoms with Crippen molar-refractivity contribution in [3.8, 4) is 0 Å². The number of likely N-dealkylation sites (tertiary alicyclic amines) is 1. The van der Waals surface area contributed by atoms with Crippen LogP contribution in [0.4, 0.5) is 0 Å². The van der Waals surface area contributed by atoms with Gasteiger partial charge in [0.2, 0.25) is 5.91 Å². The number of amides is 1. The molecule has 96 valence electrons. The van der Waals surface area contributed by atoms with Crippen molar-refractivity contribution in [2.75, 3.05) is 13.1 Å². The fourth-order valence-electron chi connectivity index (χ4n) is 2.03. The molecule has 0 saturated carbocycles. The normalized spacial score (nSPS) is 22.5. The van der Waals surface area contributed by atoms with Gasteiger partial charge in [0.15, 0.2) is 0 Å². The first-order chi connectivity index (χ1) is 8.04. The second-order valence-electron chi connectivity index (χ2n) is 4.63. The number of hydrogen-bond acceptors (Lipinski definition) is 2. The van der Waals surface area contributed by atoms with Crippen LogP contribution in [0.15, 0.2) is 11.6 Å². The predicted octanol–water partition coefficient (Wildman–Crippen LogP) is 2.06. The minimum atomic E-state index is -0.918. The van der Waals surface area contributed by atoms with Crippen molar-refractivity contribution in [3.63, 3.8) is 0 Å². The van der Waals surface area contributed by atoms with Crippen LogP contribution in [0.1, 0.15) is 39.5 Å². The summed E-state index contributed by atoms with van der Waals surface area (Å²) in [4.78, 5) is 24.2. The summed E-state index contributed by atoms with van der Waals surface area (Å²) in [6, 6.07) is 0. The number of carboxylic acid groups (broad SMARTS) is 1. The molecule has 0 bridgehead atoms. The van der Waals surface area contributed by atoms with Crippen molar-refractivity contribution in [2.24, 2.45) is 5.92 Å². The lowest BCUT2D eigenvalue weighted by Crippen LogP contribution is -2.30. The van der Waals surface area contributed by atoms with Gasteiger partial charge < -0.3 is 10.0 Å². The van der Waals surface area contributed by atoms with Crippen LogP contribution in [-0.4, -0.2) is 35.0 Å². The van der Waals surface area contributed by atoms with Crippen LogP contribution in [0.5, 0.6) is 0 Å². The Morgan fingerprint density at radius 2 is 2.24 bits per heavy atom. The Morgan fingerprint density at radius 1 is 1.53 bits per heavy atom. The third kappa shape index (κ3) is 4.21. The van der Waals surface area contributed by atoms with Crippen LogP contribution >= 0.6 is 0 Å². The molecule has 1 amide bonds. The maximum atomic E-state index is 11.8. The van der Waals surface area contributed by atoms with Gasteiger partial charge in [0.1, 0.15) is 0 Å². The summed E-state index contributed by atoms with van der Waals surface area (Å²) < 4.78 is 0. The largest absolute Gasteiger partial charge is 0.478 e. The van der Waals surface area contributed by atoms with E-state index in [1.807, 2.05) is 0 Å². The van der Waals surface area contributed by atoms with E-state index in [0.29, 0.717) is 24.5 Å². The lowest BCUT2D eigenvalue weighted by molar-refractivity contribution is -0.133. The monoisotopic (exact) mass is 239 g/mol. The van der Waals surface area contributed by atoms with Crippen molar-refractivity contribution in [1.29, 1.82) is 0 Å². The SMILES string of the molecule is CCC1CCC(=O)N(CC=C(C)C(=O)O)CC1. The zero-order valence-electron chi connectivity index (χ0n) is 10.6. The van der Waals surface area contributed by atoms with Crippen LogP contribution in [0.25, 0.3) is 0 Å². The van der Waals surface area contributed by atoms with Gasteiger partial charge in [-0.25, -0.2) is 4.79 Å². The standard InChI is InChI=1S/C13H21NO3/c1-3-11-4-5-12(15)14(9-7-11)8-6-10(2)13(16)17/h6,11H,3-5,7-9H2,1-2H3,(H,16,17). The molecular weight excluding hydrogens is 218 g/mol. The van der Waals surface area contributed by atoms with Gasteiger partial charge in [0, 0.05) is 25.1 Å². The molecule has 1 heterocycles. The molecule has 1 aliphatic rings. The van der Waals surface area contributed by atoms with Crippen molar-refractivity contribution in [1.82, 2.24) is 4.90 Å². The number of carboxylic acids is 1. The van der Waals surface area contributed by atoms with Gasteiger partial charge in [0.05, 0.1) is 0 Å². The van der Waals surface area contributed by atoms with Gasteiger partial charge >= 0.3 is 5.97 Å². The average Bonchev–Trinajstić information content (AvgIpc) is 2.48. The quantitative estimate of drug-likeness (QED) is 0.764. The molecule has 17 heavy (non-hydrogen) atoms. The molecule has 1 fully saturated rings. The molecule has 1 unspecified atom stereocenters. The van der Waals surface area contributed by atoms with Crippen LogP contribution < -0.4 is 0 Å². The molecule has 4 nitrogen and oxygen atoms in total. The lowest BCUT2D eigenvalue weighted by atomic mass is 9.98. The Balaban J connectivity index is 2.55. The van der Waals surface area contributed by atoms with E-state index in [1.165, 1.54) is 0 Å². The van der Waals surface area contributed by atoms with Gasteiger partial charge in [-0.3, -0.25) is 4.79 Å². The Bertz CT molecular complexity index is 323. The highest BCUT2D eigenvalue weighted by Gasteiger charge is 2.20. The fraction of sp³-hybridized carbons (Fsp3) is 0.692. The topological polar surface area (TPSA) is 57.6 Å². The summed E-state index contributed by atoms with van der Waals surface area (Å²) in [5, 5.41) is 8.74. The molecule has 1 rings (SSSR count). The molecule has 0 aromatic carbocycles. The number of rotatable bonds is 4. The van der Waals surface area contributed by atoms with Crippen LogP contribution in [0.3, 0.4) is 0 Å². The van der Waals surface area contributed by atoms with Gasteiger partial charge in [-0.15, -0.1) is 0 Å². The number of carbonyl (C=O) groups is 2. The Labute approximate surface area is 102 Å². The fourth-order valence-corrected chi connectivity index (χ4v) is 2.03. The van der Waals surface area contributed by atoms with Crippen molar-refractivity contribution < 1.29 is 14.7 Å². The van der Waals surface area contributed by atoms with E-state index in [-0.39, 0.29) is 5.91 Å². The second-order valence-corrected chi connectivity index (χ2v) is 4.63. The smallest absolute Gasteiger partial charge is 0.331 e. The van der Waals surface area contributed by atoms with Gasteiger partial charge in [-0.2, -0.15) is 0 Å². The number of carbonyl (C=O) groups excluding carboxylic acids is 1. The minimum Gasteiger partial charge on any atom is -0.478 e. The molecule has 1 N–H and O–H groups in total. The molecule has 1 atom stereocenters. The highest BCUT2D eigenvalue weighted by molar-refractivity contribution is 5.86. The third-order valence-electron chi connectivity index (χ3n) is 3.46. The van der Waals surface area contributed by atoms with Crippen LogP contribution in [0, 0.1) is 5.92 Å². The summed E-state index contributed by atoms with van der Waals surface area (Å²) in [5.74, 6) is -0.136. The van der Waals surface area contributed by atoms with E-state index in [2.05, 4.69) is 6.92 Å². The second kappa shape index (κ2) is 6.42. The minimum absolute atomic E-state index is 0.149. The maximum Gasteiger partial charge on any atom is 0.331 e. The zero-order valence-corrected chi connectivity index (χ0v) is 10.6. The lowest BCUT2D eigenvalue weighted by Gasteiger charge is -2.19. The van der Waals surface area contributed by atoms with E-state index in [4.69, 9.17) is 5.11 Å². The Hall–Kier alpha value is -1.32. The Morgan fingerprint density at radius 3 is 2.82 bits per heavy atom. The van der Waals surface area contributed by atoms with E-state index in [1.54, 1.807) is 17.9 Å². The van der Waals surface area contributed by atoms with E-state index in [9.17, 15) is 9.59 Å². The molecule has 0 aromatic heterocycles.